The fourth-order valence-electron chi connectivity index (χ4n) is 5.40. The molecule has 3 aliphatic rings. The van der Waals surface area contributed by atoms with E-state index in [0.717, 1.165) is 0 Å². The summed E-state index contributed by atoms with van der Waals surface area (Å²) in [7, 11) is 0. The lowest BCUT2D eigenvalue weighted by Crippen LogP contribution is -2.61. The first kappa shape index (κ1) is 26.8. The first-order valence-corrected chi connectivity index (χ1v) is 11.7. The molecule has 3 rings (SSSR count). The summed E-state index contributed by atoms with van der Waals surface area (Å²) < 4.78 is 38.8. The fourth-order valence-corrected chi connectivity index (χ4v) is 5.40. The standard InChI is InChI=1S/C23H32F3N5O4/c1-21(2,3)16(30-20(35)23(24,25)26)19(34)31-10-13-14(22(13,4)5)15(31)18(33)29-12(9-27)8-11-6-7-28-17(11)32/h11-16H,6-8,10H2,1-5H3,(H,28,32)(H,29,33)(H,30,35)/t11-,12-,13-,14-,15+,16-/m0/s1. The largest absolute Gasteiger partial charge is 0.471 e. The Balaban J connectivity index is 1.81. The Labute approximate surface area is 202 Å². The lowest BCUT2D eigenvalue weighted by Gasteiger charge is -2.37. The van der Waals surface area contributed by atoms with Gasteiger partial charge in [-0.3, -0.25) is 19.2 Å². The zero-order chi connectivity index (χ0) is 26.5. The van der Waals surface area contributed by atoms with Crippen LogP contribution in [0.15, 0.2) is 0 Å². The maximum atomic E-state index is 13.5. The van der Waals surface area contributed by atoms with Gasteiger partial charge in [0, 0.05) is 19.0 Å². The van der Waals surface area contributed by atoms with Crippen LogP contribution in [-0.2, 0) is 19.2 Å². The molecule has 4 amide bonds. The van der Waals surface area contributed by atoms with E-state index in [4.69, 9.17) is 0 Å². The second-order valence-corrected chi connectivity index (χ2v) is 11.4. The number of alkyl halides is 3. The number of nitriles is 1. The minimum absolute atomic E-state index is 0.0396. The predicted molar refractivity (Wildman–Crippen MR) is 117 cm³/mol. The molecule has 3 fully saturated rings. The number of halogens is 3. The summed E-state index contributed by atoms with van der Waals surface area (Å²) in [5.74, 6) is -4.46. The van der Waals surface area contributed by atoms with Crippen LogP contribution < -0.4 is 16.0 Å². The molecule has 0 aromatic rings. The van der Waals surface area contributed by atoms with Crippen LogP contribution in [0, 0.1) is 39.9 Å². The minimum Gasteiger partial charge on any atom is -0.356 e. The van der Waals surface area contributed by atoms with Gasteiger partial charge in [0.1, 0.15) is 18.1 Å². The number of likely N-dealkylation sites (tertiary alicyclic amines) is 1. The van der Waals surface area contributed by atoms with Crippen molar-refractivity contribution in [2.45, 2.75) is 71.8 Å². The van der Waals surface area contributed by atoms with Gasteiger partial charge in [-0.05, 0) is 35.5 Å². The Morgan fingerprint density at radius 1 is 1.23 bits per heavy atom. The number of fused-ring (bicyclic) bond motifs is 1. The third-order valence-electron chi connectivity index (χ3n) is 7.56. The zero-order valence-electron chi connectivity index (χ0n) is 20.5. The molecule has 6 atom stereocenters. The summed E-state index contributed by atoms with van der Waals surface area (Å²) >= 11 is 0. The molecule has 2 heterocycles. The highest BCUT2D eigenvalue weighted by Crippen LogP contribution is 2.65. The molecule has 0 bridgehead atoms. The van der Waals surface area contributed by atoms with Crippen LogP contribution >= 0.6 is 0 Å². The third-order valence-corrected chi connectivity index (χ3v) is 7.56. The van der Waals surface area contributed by atoms with Crippen LogP contribution in [0.4, 0.5) is 13.2 Å². The van der Waals surface area contributed by atoms with E-state index in [0.29, 0.717) is 13.0 Å². The van der Waals surface area contributed by atoms with Gasteiger partial charge >= 0.3 is 12.1 Å². The summed E-state index contributed by atoms with van der Waals surface area (Å²) in [6.07, 6.45) is -4.49. The van der Waals surface area contributed by atoms with E-state index in [1.165, 1.54) is 25.7 Å². The minimum atomic E-state index is -5.16. The number of amides is 4. The maximum absolute atomic E-state index is 13.5. The molecule has 2 aliphatic heterocycles. The van der Waals surface area contributed by atoms with Crippen molar-refractivity contribution in [1.82, 2.24) is 20.9 Å². The van der Waals surface area contributed by atoms with Crippen LogP contribution in [0.2, 0.25) is 0 Å². The van der Waals surface area contributed by atoms with Crippen molar-refractivity contribution < 1.29 is 32.3 Å². The Morgan fingerprint density at radius 3 is 2.34 bits per heavy atom. The van der Waals surface area contributed by atoms with Crippen molar-refractivity contribution >= 4 is 23.6 Å². The van der Waals surface area contributed by atoms with E-state index in [2.05, 4.69) is 10.6 Å². The molecule has 2 saturated heterocycles. The number of carbonyl (C=O) groups excluding carboxylic acids is 4. The molecule has 0 radical (unpaired) electrons. The van der Waals surface area contributed by atoms with E-state index in [1.807, 2.05) is 19.9 Å². The lowest BCUT2D eigenvalue weighted by atomic mass is 9.85. The molecule has 1 aliphatic carbocycles. The molecule has 0 unspecified atom stereocenters. The molecule has 9 nitrogen and oxygen atoms in total. The summed E-state index contributed by atoms with van der Waals surface area (Å²) in [5, 5.41) is 16.7. The van der Waals surface area contributed by atoms with Crippen LogP contribution in [-0.4, -0.2) is 65.9 Å². The molecule has 194 valence electrons. The van der Waals surface area contributed by atoms with Crippen LogP contribution in [0.1, 0.15) is 47.5 Å². The SMILES string of the molecule is CC(C)(C)[C@@H](NC(=O)C(F)(F)F)C(=O)N1C[C@H]2[C@@H]([C@@H]1C(=O)N[C@H](C#N)C[C@@H]1CCNC1=O)C2(C)C. The van der Waals surface area contributed by atoms with Gasteiger partial charge in [-0.1, -0.05) is 34.6 Å². The zero-order valence-corrected chi connectivity index (χ0v) is 20.5. The summed E-state index contributed by atoms with van der Waals surface area (Å²) in [6, 6.07) is -1.48. The molecule has 3 N–H and O–H groups in total. The van der Waals surface area contributed by atoms with E-state index < -0.39 is 53.4 Å². The van der Waals surface area contributed by atoms with Gasteiger partial charge in [-0.25, -0.2) is 0 Å². The molecule has 35 heavy (non-hydrogen) atoms. The topological polar surface area (TPSA) is 131 Å². The first-order chi connectivity index (χ1) is 16.0. The Hall–Kier alpha value is -2.84. The summed E-state index contributed by atoms with van der Waals surface area (Å²) in [6.45, 7) is 9.13. The normalized spacial score (nSPS) is 28.9. The quantitative estimate of drug-likeness (QED) is 0.504. The van der Waals surface area contributed by atoms with Gasteiger partial charge in [0.2, 0.25) is 17.7 Å². The first-order valence-electron chi connectivity index (χ1n) is 11.7. The number of carbonyl (C=O) groups is 4. The highest BCUT2D eigenvalue weighted by molar-refractivity contribution is 5.95. The van der Waals surface area contributed by atoms with Crippen molar-refractivity contribution in [1.29, 1.82) is 5.26 Å². The third kappa shape index (κ3) is 5.23. The van der Waals surface area contributed by atoms with Crippen molar-refractivity contribution in [3.05, 3.63) is 0 Å². The Kier molecular flexibility index (Phi) is 6.87. The highest BCUT2D eigenvalue weighted by atomic mass is 19.4. The number of hydrogen-bond donors (Lipinski definition) is 3. The molecular weight excluding hydrogens is 467 g/mol. The Morgan fingerprint density at radius 2 is 1.86 bits per heavy atom. The van der Waals surface area contributed by atoms with Crippen LogP contribution in [0.3, 0.4) is 0 Å². The van der Waals surface area contributed by atoms with E-state index in [1.54, 1.807) is 5.32 Å². The second kappa shape index (κ2) is 8.99. The molecule has 1 saturated carbocycles. The van der Waals surface area contributed by atoms with Crippen molar-refractivity contribution in [2.24, 2.45) is 28.6 Å². The average Bonchev–Trinajstić information content (AvgIpc) is 3.10. The predicted octanol–water partition coefficient (Wildman–Crippen LogP) is 1.10. The number of nitrogens with one attached hydrogen (secondary N) is 3. The lowest BCUT2D eigenvalue weighted by molar-refractivity contribution is -0.176. The van der Waals surface area contributed by atoms with Gasteiger partial charge < -0.3 is 20.9 Å². The maximum Gasteiger partial charge on any atom is 0.471 e. The van der Waals surface area contributed by atoms with Crippen LogP contribution in [0.5, 0.6) is 0 Å². The van der Waals surface area contributed by atoms with E-state index in [9.17, 15) is 37.6 Å². The smallest absolute Gasteiger partial charge is 0.356 e. The summed E-state index contributed by atoms with van der Waals surface area (Å²) in [5.41, 5.74) is -1.33. The van der Waals surface area contributed by atoms with E-state index in [-0.39, 0.29) is 36.1 Å². The van der Waals surface area contributed by atoms with Crippen molar-refractivity contribution in [3.63, 3.8) is 0 Å². The van der Waals surface area contributed by atoms with Crippen molar-refractivity contribution in [2.75, 3.05) is 13.1 Å². The van der Waals surface area contributed by atoms with Gasteiger partial charge in [0.05, 0.1) is 6.07 Å². The van der Waals surface area contributed by atoms with Gasteiger partial charge in [-0.15, -0.1) is 0 Å². The van der Waals surface area contributed by atoms with Gasteiger partial charge in [0.25, 0.3) is 0 Å². The molecule has 0 spiro atoms. The van der Waals surface area contributed by atoms with Gasteiger partial charge in [-0.2, -0.15) is 18.4 Å². The number of hydrogen-bond acceptors (Lipinski definition) is 5. The van der Waals surface area contributed by atoms with E-state index >= 15 is 0 Å². The molecular formula is C23H32F3N5O4. The number of piperidine rings is 1. The highest BCUT2D eigenvalue weighted by Gasteiger charge is 2.70. The molecule has 12 heteroatoms. The molecule has 0 aromatic carbocycles. The monoisotopic (exact) mass is 499 g/mol. The van der Waals surface area contributed by atoms with Gasteiger partial charge in [0.15, 0.2) is 0 Å². The fraction of sp³-hybridized carbons (Fsp3) is 0.783. The molecule has 0 aromatic heterocycles. The average molecular weight is 500 g/mol. The number of nitrogens with zero attached hydrogens (tertiary/aromatic N) is 2. The summed E-state index contributed by atoms with van der Waals surface area (Å²) in [4.78, 5) is 51.6. The Bertz CT molecular complexity index is 952. The number of rotatable bonds is 6. The second-order valence-electron chi connectivity index (χ2n) is 11.4. The van der Waals surface area contributed by atoms with Crippen molar-refractivity contribution in [3.8, 4) is 6.07 Å². The van der Waals surface area contributed by atoms with Crippen LogP contribution in [0.25, 0.3) is 0 Å².